The zero-order valence-electron chi connectivity index (χ0n) is 27.0. The number of halogens is 1. The molecule has 2 aliphatic heterocycles. The van der Waals surface area contributed by atoms with Gasteiger partial charge in [-0.2, -0.15) is 5.10 Å². The molecule has 1 N–H and O–H groups in total. The molecule has 0 fully saturated rings. The lowest BCUT2D eigenvalue weighted by molar-refractivity contribution is -0.160. The predicted octanol–water partition coefficient (Wildman–Crippen LogP) is 8.33. The second-order valence-electron chi connectivity index (χ2n) is 13.0. The van der Waals surface area contributed by atoms with Gasteiger partial charge in [0.1, 0.15) is 12.4 Å². The van der Waals surface area contributed by atoms with Crippen LogP contribution in [0.3, 0.4) is 0 Å². The molecule has 0 saturated heterocycles. The molecule has 2 aliphatic rings. The third-order valence-corrected chi connectivity index (χ3v) is 9.00. The number of rotatable bonds is 3. The van der Waals surface area contributed by atoms with Crippen LogP contribution >= 0.6 is 11.6 Å². The fraction of sp³-hybridized carbons (Fsp3) is 0.289. The maximum absolute atomic E-state index is 12.9. The molecule has 0 amide bonds. The number of hydrogen-bond acceptors (Lipinski definition) is 6. The summed E-state index contributed by atoms with van der Waals surface area (Å²) in [5, 5.41) is 16.1. The Morgan fingerprint density at radius 3 is 2.64 bits per heavy atom. The SMILES string of the molecule is Cc1nc2cc3nn2c(c1[C@H](OC(C)(C)C)C(=O)O)-c1ccc2c(c1Cl)N(C/C=C\CCc1ccccc1-c1cccc-3c1)CCO2. The molecule has 8 nitrogen and oxygen atoms in total. The Morgan fingerprint density at radius 2 is 1.83 bits per heavy atom. The highest BCUT2D eigenvalue weighted by Crippen LogP contribution is 2.46. The number of aromatic nitrogens is 3. The normalized spacial score (nSPS) is 15.8. The Morgan fingerprint density at radius 1 is 1.02 bits per heavy atom. The maximum Gasteiger partial charge on any atom is 0.337 e. The molecule has 9 heteroatoms. The van der Waals surface area contributed by atoms with Gasteiger partial charge in [-0.3, -0.25) is 0 Å². The summed E-state index contributed by atoms with van der Waals surface area (Å²) in [6.07, 6.45) is 4.89. The van der Waals surface area contributed by atoms with E-state index in [0.717, 1.165) is 29.7 Å². The summed E-state index contributed by atoms with van der Waals surface area (Å²) in [6.45, 7) is 9.17. The van der Waals surface area contributed by atoms with E-state index in [0.29, 0.717) is 64.3 Å². The fourth-order valence-corrected chi connectivity index (χ4v) is 6.92. The molecule has 0 spiro atoms. The predicted molar refractivity (Wildman–Crippen MR) is 185 cm³/mol. The van der Waals surface area contributed by atoms with Crippen molar-refractivity contribution in [3.8, 4) is 39.4 Å². The maximum atomic E-state index is 12.9. The summed E-state index contributed by atoms with van der Waals surface area (Å²) in [6, 6.07) is 22.6. The summed E-state index contributed by atoms with van der Waals surface area (Å²) < 4.78 is 14.0. The standard InChI is InChI=1S/C38H37ClN4O4/c1-23-32(36(37(44)45)47-38(2,3)4)34-28-16-17-30-35(33(28)39)42(19-20-46-30)18-9-5-6-11-24-12-7-8-15-27(24)25-13-10-14-26(21-25)29-22-31(40-23)43(34)41-29/h5,7-10,12-17,21-22,36H,6,11,18-20H2,1-4H3,(H,44,45)/b9-5-/t36-/m0/s1. The number of anilines is 1. The molecule has 240 valence electrons. The topological polar surface area (TPSA) is 89.2 Å². The molecule has 0 saturated carbocycles. The van der Waals surface area contributed by atoms with Gasteiger partial charge in [0, 0.05) is 35.0 Å². The molecule has 0 radical (unpaired) electrons. The molecule has 2 aromatic heterocycles. The molecular formula is C38H37ClN4O4. The van der Waals surface area contributed by atoms with Crippen LogP contribution in [-0.2, 0) is 16.0 Å². The lowest BCUT2D eigenvalue weighted by Crippen LogP contribution is -2.33. The Kier molecular flexibility index (Phi) is 8.02. The van der Waals surface area contributed by atoms with Crippen molar-refractivity contribution in [2.75, 3.05) is 24.6 Å². The van der Waals surface area contributed by atoms with E-state index in [9.17, 15) is 9.90 Å². The molecule has 47 heavy (non-hydrogen) atoms. The number of nitrogens with zero attached hydrogens (tertiary/aromatic N) is 4. The molecule has 3 aromatic carbocycles. The number of aryl methyl sites for hydroxylation is 2. The lowest BCUT2D eigenvalue weighted by atomic mass is 9.95. The van der Waals surface area contributed by atoms with Crippen molar-refractivity contribution in [1.29, 1.82) is 0 Å². The average molecular weight is 649 g/mol. The van der Waals surface area contributed by atoms with Crippen molar-refractivity contribution in [2.45, 2.75) is 52.2 Å². The molecule has 0 unspecified atom stereocenters. The van der Waals surface area contributed by atoms with E-state index >= 15 is 0 Å². The number of carbonyl (C=O) groups is 1. The Bertz CT molecular complexity index is 2040. The van der Waals surface area contributed by atoms with Crippen LogP contribution < -0.4 is 9.64 Å². The van der Waals surface area contributed by atoms with Crippen LogP contribution in [0.2, 0.25) is 5.02 Å². The third-order valence-electron chi connectivity index (χ3n) is 8.62. The Hall–Kier alpha value is -4.66. The fourth-order valence-electron chi connectivity index (χ4n) is 6.56. The monoisotopic (exact) mass is 648 g/mol. The van der Waals surface area contributed by atoms with Crippen molar-refractivity contribution in [2.24, 2.45) is 0 Å². The molecule has 4 heterocycles. The number of fused-ring (bicyclic) bond motifs is 8. The number of carboxylic acid groups (broad SMARTS) is 1. The molecule has 5 aromatic rings. The molecule has 1 atom stereocenters. The Labute approximate surface area is 279 Å². The van der Waals surface area contributed by atoms with Crippen molar-refractivity contribution in [3.05, 3.63) is 101 Å². The van der Waals surface area contributed by atoms with Crippen molar-refractivity contribution >= 4 is 28.9 Å². The minimum absolute atomic E-state index is 0.400. The zero-order chi connectivity index (χ0) is 32.9. The van der Waals surface area contributed by atoms with Crippen molar-refractivity contribution in [3.63, 3.8) is 0 Å². The first-order chi connectivity index (χ1) is 22.6. The smallest absolute Gasteiger partial charge is 0.337 e. The van der Waals surface area contributed by atoms with Gasteiger partial charge in [0.05, 0.1) is 34.2 Å². The summed E-state index contributed by atoms with van der Waals surface area (Å²) in [4.78, 5) is 20.0. The zero-order valence-corrected chi connectivity index (χ0v) is 27.7. The van der Waals surface area contributed by atoms with Crippen LogP contribution in [0, 0.1) is 6.92 Å². The van der Waals surface area contributed by atoms with Crippen molar-refractivity contribution < 1.29 is 19.4 Å². The van der Waals surface area contributed by atoms with Gasteiger partial charge in [-0.15, -0.1) is 0 Å². The van der Waals surface area contributed by atoms with Crippen LogP contribution in [0.5, 0.6) is 5.75 Å². The quantitative estimate of drug-likeness (QED) is 0.197. The highest BCUT2D eigenvalue weighted by Gasteiger charge is 2.35. The van der Waals surface area contributed by atoms with Gasteiger partial charge in [0.15, 0.2) is 11.8 Å². The average Bonchev–Trinajstić information content (AvgIpc) is 3.46. The third kappa shape index (κ3) is 5.88. The first-order valence-corrected chi connectivity index (χ1v) is 16.3. The van der Waals surface area contributed by atoms with Crippen LogP contribution in [0.25, 0.3) is 39.3 Å². The Balaban J connectivity index is 1.54. The van der Waals surface area contributed by atoms with Gasteiger partial charge in [-0.05, 0) is 75.4 Å². The molecule has 6 bridgehead atoms. The van der Waals surface area contributed by atoms with Gasteiger partial charge < -0.3 is 19.5 Å². The number of aliphatic carboxylic acids is 1. The molecular weight excluding hydrogens is 612 g/mol. The second-order valence-corrected chi connectivity index (χ2v) is 13.4. The van der Waals surface area contributed by atoms with E-state index in [-0.39, 0.29) is 0 Å². The molecule has 0 aliphatic carbocycles. The van der Waals surface area contributed by atoms with Gasteiger partial charge in [0.25, 0.3) is 0 Å². The molecule has 7 rings (SSSR count). The van der Waals surface area contributed by atoms with Gasteiger partial charge in [-0.1, -0.05) is 66.2 Å². The van der Waals surface area contributed by atoms with Crippen LogP contribution in [-0.4, -0.2) is 51.0 Å². The van der Waals surface area contributed by atoms with E-state index in [2.05, 4.69) is 53.5 Å². The number of benzene rings is 3. The lowest BCUT2D eigenvalue weighted by Gasteiger charge is -2.32. The highest BCUT2D eigenvalue weighted by atomic mass is 35.5. The summed E-state index contributed by atoms with van der Waals surface area (Å²) in [7, 11) is 0. The second kappa shape index (κ2) is 12.2. The number of ether oxygens (including phenoxy) is 2. The number of hydrogen-bond donors (Lipinski definition) is 1. The first kappa shape index (κ1) is 31.0. The van der Waals surface area contributed by atoms with E-state index in [4.69, 9.17) is 31.2 Å². The van der Waals surface area contributed by atoms with E-state index in [1.54, 1.807) is 4.52 Å². The highest BCUT2D eigenvalue weighted by molar-refractivity contribution is 6.36. The summed E-state index contributed by atoms with van der Waals surface area (Å²) in [5.74, 6) is -0.438. The van der Waals surface area contributed by atoms with Crippen LogP contribution in [0.4, 0.5) is 5.69 Å². The number of allylic oxidation sites excluding steroid dienone is 1. The minimum Gasteiger partial charge on any atom is -0.490 e. The summed E-state index contributed by atoms with van der Waals surface area (Å²) >= 11 is 7.35. The number of carboxylic acids is 1. The van der Waals surface area contributed by atoms with Gasteiger partial charge in [-0.25, -0.2) is 14.3 Å². The van der Waals surface area contributed by atoms with E-state index in [1.807, 2.05) is 58.0 Å². The van der Waals surface area contributed by atoms with Gasteiger partial charge >= 0.3 is 5.97 Å². The van der Waals surface area contributed by atoms with E-state index in [1.165, 1.54) is 11.1 Å². The minimum atomic E-state index is -1.32. The van der Waals surface area contributed by atoms with Crippen molar-refractivity contribution in [1.82, 2.24) is 14.6 Å². The summed E-state index contributed by atoms with van der Waals surface area (Å²) in [5.41, 5.74) is 7.85. The van der Waals surface area contributed by atoms with Crippen LogP contribution in [0.1, 0.15) is 50.1 Å². The van der Waals surface area contributed by atoms with E-state index < -0.39 is 17.7 Å². The van der Waals surface area contributed by atoms with Gasteiger partial charge in [0.2, 0.25) is 0 Å². The van der Waals surface area contributed by atoms with Crippen LogP contribution in [0.15, 0.2) is 78.9 Å². The first-order valence-electron chi connectivity index (χ1n) is 15.9. The largest absolute Gasteiger partial charge is 0.490 e.